The molecule has 0 saturated heterocycles. The lowest BCUT2D eigenvalue weighted by molar-refractivity contribution is -0.421. The van der Waals surface area contributed by atoms with Crippen molar-refractivity contribution >= 4 is 38.5 Å². The van der Waals surface area contributed by atoms with Gasteiger partial charge in [-0.15, -0.1) is 36.1 Å². The third kappa shape index (κ3) is 8.10. The minimum atomic E-state index is -1.98. The maximum absolute atomic E-state index is 12.6. The van der Waals surface area contributed by atoms with Crippen LogP contribution in [0.4, 0.5) is 0 Å². The average molecular weight is 551 g/mol. The van der Waals surface area contributed by atoms with E-state index >= 15 is 0 Å². The molecule has 202 valence electrons. The van der Waals surface area contributed by atoms with Crippen molar-refractivity contribution < 1.29 is 29.1 Å². The molecule has 2 aromatic carbocycles. The second-order valence-electron chi connectivity index (χ2n) is 9.40. The summed E-state index contributed by atoms with van der Waals surface area (Å²) in [6, 6.07) is 14.1. The van der Waals surface area contributed by atoms with Crippen LogP contribution in [0.25, 0.3) is 0 Å². The van der Waals surface area contributed by atoms with E-state index in [-0.39, 0.29) is 0 Å². The van der Waals surface area contributed by atoms with Crippen LogP contribution in [-0.4, -0.2) is 34.4 Å². The predicted molar refractivity (Wildman–Crippen MR) is 157 cm³/mol. The summed E-state index contributed by atoms with van der Waals surface area (Å²) < 4.78 is 0. The van der Waals surface area contributed by atoms with E-state index in [1.54, 1.807) is 24.3 Å². The second kappa shape index (κ2) is 14.6. The Morgan fingerprint density at radius 2 is 1.08 bits per heavy atom. The quantitative estimate of drug-likeness (QED) is 0.0847. The van der Waals surface area contributed by atoms with Gasteiger partial charge in [0.05, 0.1) is 11.1 Å². The zero-order valence-electron chi connectivity index (χ0n) is 22.6. The highest BCUT2D eigenvalue weighted by Gasteiger charge is 2.24. The number of rotatable bonds is 16. The Morgan fingerprint density at radius 3 is 1.39 bits per heavy atom. The van der Waals surface area contributed by atoms with Crippen molar-refractivity contribution in [1.82, 2.24) is 0 Å². The molecule has 0 atom stereocenters. The van der Waals surface area contributed by atoms with Crippen LogP contribution in [0.15, 0.2) is 97.6 Å². The van der Waals surface area contributed by atoms with Crippen molar-refractivity contribution in [2.75, 3.05) is 0 Å². The topological polar surface area (TPSA) is 71.1 Å². The van der Waals surface area contributed by atoms with Crippen LogP contribution in [0.2, 0.25) is 13.1 Å². The molecule has 6 nitrogen and oxygen atoms in total. The van der Waals surface area contributed by atoms with Crippen molar-refractivity contribution in [3.63, 3.8) is 0 Å². The van der Waals surface area contributed by atoms with Gasteiger partial charge in [-0.2, -0.15) is 0 Å². The van der Waals surface area contributed by atoms with Crippen molar-refractivity contribution in [3.05, 3.63) is 109 Å². The van der Waals surface area contributed by atoms with E-state index in [4.69, 9.17) is 19.6 Å². The van der Waals surface area contributed by atoms with Crippen LogP contribution < -0.4 is 10.4 Å². The zero-order chi connectivity index (χ0) is 28.2. The lowest BCUT2D eigenvalue weighted by atomic mass is 10.2. The molecule has 38 heavy (non-hydrogen) atoms. The Bertz CT molecular complexity index is 1020. The van der Waals surface area contributed by atoms with Crippen LogP contribution in [0, 0.1) is 0 Å². The smallest absolute Gasteiger partial charge is 0.290 e. The summed E-state index contributed by atoms with van der Waals surface area (Å²) in [6.07, 6.45) is 1.93. The summed E-state index contributed by atoms with van der Waals surface area (Å²) in [4.78, 5) is 45.6. The van der Waals surface area contributed by atoms with Crippen molar-refractivity contribution in [2.45, 2.75) is 52.0 Å². The first-order valence-electron chi connectivity index (χ1n) is 12.7. The summed E-state index contributed by atoms with van der Waals surface area (Å²) in [5.74, 6) is -1.36. The molecule has 0 aliphatic carbocycles. The van der Waals surface area contributed by atoms with E-state index in [1.807, 2.05) is 47.1 Å². The van der Waals surface area contributed by atoms with Gasteiger partial charge in [-0.25, -0.2) is 9.59 Å². The second-order valence-corrected chi connectivity index (χ2v) is 17.3. The van der Waals surface area contributed by atoms with Crippen LogP contribution in [-0.2, 0) is 19.6 Å². The normalized spacial score (nSPS) is 11.5. The molecule has 8 heteroatoms. The highest BCUT2D eigenvalue weighted by atomic mass is 28.3. The van der Waals surface area contributed by atoms with Gasteiger partial charge >= 0.3 is 11.9 Å². The van der Waals surface area contributed by atoms with Gasteiger partial charge in [0.1, 0.15) is 16.1 Å². The van der Waals surface area contributed by atoms with E-state index in [0.29, 0.717) is 17.5 Å². The number of unbranched alkanes of at least 4 members (excludes halogenated alkanes) is 2. The predicted octanol–water partition coefficient (Wildman–Crippen LogP) is 5.94. The van der Waals surface area contributed by atoms with Gasteiger partial charge in [0.15, 0.2) is 0 Å². The van der Waals surface area contributed by atoms with Crippen LogP contribution in [0.1, 0.15) is 53.3 Å². The van der Waals surface area contributed by atoms with Crippen LogP contribution >= 0.6 is 0 Å². The molecule has 0 spiro atoms. The Kier molecular flexibility index (Phi) is 11.9. The van der Waals surface area contributed by atoms with Crippen molar-refractivity contribution in [3.8, 4) is 0 Å². The fourth-order valence-corrected chi connectivity index (χ4v) is 6.58. The average Bonchev–Trinajstić information content (AvgIpc) is 2.97. The van der Waals surface area contributed by atoms with Crippen molar-refractivity contribution in [1.29, 1.82) is 0 Å². The molecule has 0 fully saturated rings. The molecule has 0 aliphatic heterocycles. The highest BCUT2D eigenvalue weighted by molar-refractivity contribution is 6.99. The Balaban J connectivity index is 2.00. The van der Waals surface area contributed by atoms with Gasteiger partial charge in [-0.1, -0.05) is 90.3 Å². The molecule has 0 saturated carbocycles. The third-order valence-corrected chi connectivity index (χ3v) is 13.2. The first-order chi connectivity index (χ1) is 18.2. The standard InChI is InChI=1S/C30H38O6Si2/c1-8-13-14-15-28(33-35-29(31)24-16-20-26(21-17-24)37(6,9-2)10-3)34-36-30(32)25-18-22-27(23-19-25)38(7,11-4)12-5/h9-12,16-23,28H,2-5,8,13-15H2,1,6-7H3. The third-order valence-electron chi connectivity index (χ3n) is 6.69. The molecule has 0 radical (unpaired) electrons. The number of benzene rings is 2. The van der Waals surface area contributed by atoms with E-state index in [0.717, 1.165) is 29.6 Å². The van der Waals surface area contributed by atoms with Crippen LogP contribution in [0.5, 0.6) is 0 Å². The Hall–Kier alpha value is -3.31. The number of carbonyl (C=O) groups is 2. The van der Waals surface area contributed by atoms with Crippen LogP contribution in [0.3, 0.4) is 0 Å². The summed E-state index contributed by atoms with van der Waals surface area (Å²) in [5.41, 5.74) is 8.32. The summed E-state index contributed by atoms with van der Waals surface area (Å²) in [6.45, 7) is 21.9. The zero-order valence-corrected chi connectivity index (χ0v) is 24.6. The molecule has 0 heterocycles. The summed E-state index contributed by atoms with van der Waals surface area (Å²) in [7, 11) is -3.97. The molecule has 0 amide bonds. The van der Waals surface area contributed by atoms with E-state index in [1.165, 1.54) is 0 Å². The van der Waals surface area contributed by atoms with Crippen molar-refractivity contribution in [2.24, 2.45) is 0 Å². The Morgan fingerprint density at radius 1 is 0.711 bits per heavy atom. The van der Waals surface area contributed by atoms with Gasteiger partial charge in [-0.05, 0) is 30.7 Å². The SMILES string of the molecule is C=C[Si](C)(C=C)c1ccc(C(=O)OOC(CCCCC)OOC(=O)c2ccc([Si](C)(C=C)C=C)cc2)cc1. The number of carbonyl (C=O) groups excluding carboxylic acids is 2. The highest BCUT2D eigenvalue weighted by Crippen LogP contribution is 2.14. The summed E-state index contributed by atoms with van der Waals surface area (Å²) in [5, 5.41) is 2.14. The van der Waals surface area contributed by atoms with Gasteiger partial charge in [0.2, 0.25) is 6.29 Å². The largest absolute Gasteiger partial charge is 0.373 e. The molecule has 0 aliphatic rings. The Labute approximate surface area is 228 Å². The molecule has 2 aromatic rings. The minimum Gasteiger partial charge on any atom is -0.290 e. The fraction of sp³-hybridized carbons (Fsp3) is 0.267. The first kappa shape index (κ1) is 30.9. The molecular formula is C30H38O6Si2. The van der Waals surface area contributed by atoms with Gasteiger partial charge in [0, 0.05) is 6.42 Å². The summed E-state index contributed by atoms with van der Waals surface area (Å²) >= 11 is 0. The van der Waals surface area contributed by atoms with E-state index in [2.05, 4.69) is 46.3 Å². The number of hydrogen-bond acceptors (Lipinski definition) is 6. The fourth-order valence-electron chi connectivity index (χ4n) is 3.53. The lowest BCUT2D eigenvalue weighted by Gasteiger charge is -2.19. The first-order valence-corrected chi connectivity index (χ1v) is 18.0. The minimum absolute atomic E-state index is 0.317. The van der Waals surface area contributed by atoms with Gasteiger partial charge in [-0.3, -0.25) is 9.78 Å². The maximum Gasteiger partial charge on any atom is 0.373 e. The molecule has 0 aromatic heterocycles. The van der Waals surface area contributed by atoms with Gasteiger partial charge < -0.3 is 0 Å². The van der Waals surface area contributed by atoms with Gasteiger partial charge in [0.25, 0.3) is 0 Å². The molecule has 2 rings (SSSR count). The number of hydrogen-bond donors (Lipinski definition) is 0. The maximum atomic E-state index is 12.6. The lowest BCUT2D eigenvalue weighted by Crippen LogP contribution is -2.40. The monoisotopic (exact) mass is 550 g/mol. The van der Waals surface area contributed by atoms with E-state index in [9.17, 15) is 9.59 Å². The molecule has 0 unspecified atom stereocenters. The molecule has 0 bridgehead atoms. The molecule has 0 N–H and O–H groups in total. The van der Waals surface area contributed by atoms with E-state index < -0.39 is 34.4 Å². The molecular weight excluding hydrogens is 512 g/mol.